The number of aromatic amines is 1. The van der Waals surface area contributed by atoms with Crippen molar-refractivity contribution in [3.8, 4) is 17.4 Å². The number of piperidine rings is 1. The van der Waals surface area contributed by atoms with Gasteiger partial charge in [0.25, 0.3) is 32.0 Å². The average Bonchev–Trinajstić information content (AvgIpc) is 3.73. The van der Waals surface area contributed by atoms with E-state index in [-0.39, 0.29) is 75.7 Å². The van der Waals surface area contributed by atoms with Crippen LogP contribution in [0.3, 0.4) is 0 Å². The molecule has 9 rings (SSSR count). The summed E-state index contributed by atoms with van der Waals surface area (Å²) in [6.45, 7) is 11.0. The van der Waals surface area contributed by atoms with E-state index in [1.807, 2.05) is 16.9 Å². The first-order chi connectivity index (χ1) is 35.2. The molecule has 398 valence electrons. The number of amides is 1. The fourth-order valence-corrected chi connectivity index (χ4v) is 13.1. The van der Waals surface area contributed by atoms with Crippen LogP contribution in [0.1, 0.15) is 113 Å². The van der Waals surface area contributed by atoms with E-state index in [0.717, 1.165) is 49.7 Å². The molecule has 3 aromatic heterocycles. The van der Waals surface area contributed by atoms with E-state index in [0.29, 0.717) is 70.6 Å². The number of carbonyl (C=O) groups is 1. The molecule has 4 fully saturated rings. The average molecular weight is 1060 g/mol. The van der Waals surface area contributed by atoms with E-state index >= 15 is 0 Å². The maximum Gasteiger partial charge on any atom is 0.312 e. The summed E-state index contributed by atoms with van der Waals surface area (Å²) in [4.78, 5) is 41.0. The summed E-state index contributed by atoms with van der Waals surface area (Å²) in [5.41, 5.74) is 1.72. The molecular formula is C51H65FN10O10S2. The van der Waals surface area contributed by atoms with Crippen LogP contribution in [0.15, 0.2) is 71.9 Å². The van der Waals surface area contributed by atoms with Crippen molar-refractivity contribution in [2.45, 2.75) is 108 Å². The lowest BCUT2D eigenvalue weighted by Crippen LogP contribution is -2.61. The summed E-state index contributed by atoms with van der Waals surface area (Å²) in [6, 6.07) is 15.4. The molecule has 20 nitrogen and oxygen atoms in total. The van der Waals surface area contributed by atoms with E-state index in [1.165, 1.54) is 24.7 Å². The number of nitro groups is 1. The van der Waals surface area contributed by atoms with Gasteiger partial charge >= 0.3 is 5.69 Å². The SMILES string of the molecule is CCOc1nc2[nH]cc(F)c2cc1Oc1cc(N2CCC3(CC2)CC(N2CCN(S(=O)(=O)NC)C[C@H]2c2ccccc2C(C)C)C3)ccc1C(=O)NS(=O)(=O)c1cnc(NCC2CCC(C)(O)CC2)c([N+](=O)[O-])c1. The zero-order valence-electron chi connectivity index (χ0n) is 42.3. The summed E-state index contributed by atoms with van der Waals surface area (Å²) in [5.74, 6) is -1.60. The van der Waals surface area contributed by atoms with Crippen molar-refractivity contribution in [2.75, 3.05) is 63.1 Å². The number of hydrogen-bond donors (Lipinski definition) is 5. The number of ether oxygens (including phenoxy) is 2. The maximum absolute atomic E-state index is 14.9. The highest BCUT2D eigenvalue weighted by molar-refractivity contribution is 7.90. The minimum atomic E-state index is -4.77. The van der Waals surface area contributed by atoms with Gasteiger partial charge in [0.15, 0.2) is 5.75 Å². The number of carbonyl (C=O) groups excluding carboxylic acids is 1. The van der Waals surface area contributed by atoms with Crippen LogP contribution in [-0.4, -0.2) is 121 Å². The van der Waals surface area contributed by atoms with Crippen molar-refractivity contribution in [3.05, 3.63) is 99.6 Å². The Balaban J connectivity index is 0.941. The second-order valence-electron chi connectivity index (χ2n) is 20.7. The summed E-state index contributed by atoms with van der Waals surface area (Å²) in [7, 11) is -6.95. The number of pyridine rings is 2. The number of sulfonamides is 1. The van der Waals surface area contributed by atoms with Gasteiger partial charge in [-0.3, -0.25) is 19.8 Å². The lowest BCUT2D eigenvalue weighted by molar-refractivity contribution is -0.384. The molecule has 2 saturated heterocycles. The number of halogens is 1. The van der Waals surface area contributed by atoms with E-state index in [9.17, 15) is 41.2 Å². The van der Waals surface area contributed by atoms with Crippen LogP contribution in [-0.2, 0) is 20.2 Å². The molecule has 1 amide bonds. The normalized spacial score (nSPS) is 21.9. The molecule has 2 aliphatic heterocycles. The minimum Gasteiger partial charge on any atom is -0.475 e. The molecule has 0 bridgehead atoms. The third kappa shape index (κ3) is 11.0. The van der Waals surface area contributed by atoms with Gasteiger partial charge in [0.1, 0.15) is 22.1 Å². The van der Waals surface area contributed by atoms with Crippen molar-refractivity contribution >= 4 is 54.4 Å². The monoisotopic (exact) mass is 1060 g/mol. The van der Waals surface area contributed by atoms with Crippen LogP contribution in [0.25, 0.3) is 11.0 Å². The van der Waals surface area contributed by atoms with Gasteiger partial charge in [0.2, 0.25) is 5.82 Å². The molecule has 1 spiro atoms. The first-order valence-corrected chi connectivity index (χ1v) is 28.2. The van der Waals surface area contributed by atoms with Crippen LogP contribution in [0.4, 0.5) is 21.6 Å². The summed E-state index contributed by atoms with van der Waals surface area (Å²) >= 11 is 0. The van der Waals surface area contributed by atoms with Gasteiger partial charge in [-0.2, -0.15) is 17.7 Å². The number of rotatable bonds is 17. The topological polar surface area (TPSA) is 255 Å². The number of anilines is 2. The second-order valence-corrected chi connectivity index (χ2v) is 24.3. The molecule has 5 heterocycles. The third-order valence-corrected chi connectivity index (χ3v) is 18.4. The molecule has 74 heavy (non-hydrogen) atoms. The van der Waals surface area contributed by atoms with Crippen LogP contribution < -0.4 is 29.1 Å². The van der Waals surface area contributed by atoms with Gasteiger partial charge in [0.05, 0.1) is 34.3 Å². The second kappa shape index (κ2) is 21.0. The van der Waals surface area contributed by atoms with Crippen LogP contribution >= 0.6 is 0 Å². The molecule has 0 radical (unpaired) electrons. The first kappa shape index (κ1) is 52.9. The number of nitrogens with zero attached hydrogens (tertiary/aromatic N) is 6. The fraction of sp³-hybridized carbons (Fsp3) is 0.510. The van der Waals surface area contributed by atoms with Gasteiger partial charge in [-0.15, -0.1) is 0 Å². The Morgan fingerprint density at radius 1 is 1.01 bits per heavy atom. The Labute approximate surface area is 430 Å². The zero-order chi connectivity index (χ0) is 52.7. The Kier molecular flexibility index (Phi) is 15.0. The Morgan fingerprint density at radius 2 is 1.74 bits per heavy atom. The number of aliphatic hydroxyl groups is 1. The van der Waals surface area contributed by atoms with Gasteiger partial charge < -0.3 is 29.8 Å². The summed E-state index contributed by atoms with van der Waals surface area (Å²) < 4.78 is 87.1. The smallest absolute Gasteiger partial charge is 0.312 e. The molecule has 2 aromatic carbocycles. The van der Waals surface area contributed by atoms with Gasteiger partial charge in [0, 0.05) is 88.5 Å². The highest BCUT2D eigenvalue weighted by atomic mass is 32.2. The molecule has 1 atom stereocenters. The number of aromatic nitrogens is 3. The predicted octanol–water partition coefficient (Wildman–Crippen LogP) is 7.36. The van der Waals surface area contributed by atoms with Gasteiger partial charge in [-0.1, -0.05) is 38.1 Å². The fourth-order valence-electron chi connectivity index (χ4n) is 11.2. The number of fused-ring (bicyclic) bond motifs is 1. The van der Waals surface area contributed by atoms with Crippen molar-refractivity contribution in [3.63, 3.8) is 0 Å². The quantitative estimate of drug-likeness (QED) is 0.0450. The number of hydrogen-bond acceptors (Lipinski definition) is 15. The number of nitrogens with one attached hydrogen (secondary N) is 4. The van der Waals surface area contributed by atoms with Crippen LogP contribution in [0, 0.1) is 27.3 Å². The Bertz CT molecular complexity index is 3130. The standard InChI is InChI=1S/C51H65FN10O10S2/c1-6-71-49-45(25-40-41(52)30-56-46(40)57-49)72-44-23-34(11-12-39(44)48(63)58-73(67,68)36-24-42(62(65)66)47(55-29-36)54-28-33-13-15-50(4,64)16-14-33)59-19-17-51(18-20-59)26-35(27-51)61-22-21-60(74(69,70)53-5)31-43(61)38-10-8-7-9-37(38)32(2)3/h7-12,23-25,29-30,32-33,35,43,53,64H,6,13-22,26-28,31H2,1-5H3,(H,54,55)(H,56,57)(H,58,63)/t33?,43-,50?/m0/s1. The van der Waals surface area contributed by atoms with Gasteiger partial charge in [-0.25, -0.2) is 27.2 Å². The molecule has 5 aromatic rings. The first-order valence-electron chi connectivity index (χ1n) is 25.3. The molecule has 5 N–H and O–H groups in total. The van der Waals surface area contributed by atoms with Crippen molar-refractivity contribution in [1.29, 1.82) is 0 Å². The molecule has 4 aliphatic rings. The van der Waals surface area contributed by atoms with E-state index < -0.39 is 53.1 Å². The van der Waals surface area contributed by atoms with Gasteiger partial charge in [-0.05, 0) is 106 Å². The van der Waals surface area contributed by atoms with Crippen molar-refractivity contribution in [1.82, 2.24) is 33.6 Å². The van der Waals surface area contributed by atoms with E-state index in [1.54, 1.807) is 30.3 Å². The molecule has 0 unspecified atom stereocenters. The largest absolute Gasteiger partial charge is 0.475 e. The highest BCUT2D eigenvalue weighted by Crippen LogP contribution is 2.53. The summed E-state index contributed by atoms with van der Waals surface area (Å²) in [5, 5.41) is 25.6. The van der Waals surface area contributed by atoms with Crippen molar-refractivity contribution < 1.29 is 45.5 Å². The van der Waals surface area contributed by atoms with E-state index in [2.05, 4.69) is 60.8 Å². The molecule has 23 heteroatoms. The lowest BCUT2D eigenvalue weighted by atomic mass is 9.59. The van der Waals surface area contributed by atoms with Crippen LogP contribution in [0.5, 0.6) is 17.4 Å². The zero-order valence-corrected chi connectivity index (χ0v) is 43.9. The number of H-pyrrole nitrogens is 1. The van der Waals surface area contributed by atoms with E-state index in [4.69, 9.17) is 9.47 Å². The third-order valence-electron chi connectivity index (χ3n) is 15.5. The Morgan fingerprint density at radius 3 is 2.43 bits per heavy atom. The number of piperazine rings is 1. The highest BCUT2D eigenvalue weighted by Gasteiger charge is 2.51. The minimum absolute atomic E-state index is 0.00636. The Hall–Kier alpha value is -5.98. The van der Waals surface area contributed by atoms with Crippen LogP contribution in [0.2, 0.25) is 0 Å². The van der Waals surface area contributed by atoms with Crippen molar-refractivity contribution in [2.24, 2.45) is 11.3 Å². The number of benzene rings is 2. The predicted molar refractivity (Wildman–Crippen MR) is 277 cm³/mol. The maximum atomic E-state index is 14.9. The molecular weight excluding hydrogens is 996 g/mol. The lowest BCUT2D eigenvalue weighted by Gasteiger charge is -2.58. The summed E-state index contributed by atoms with van der Waals surface area (Å²) in [6.07, 6.45) is 8.28. The molecule has 2 aliphatic carbocycles. The molecule has 2 saturated carbocycles.